The number of benzene rings is 2. The molecule has 1 saturated carbocycles. The average molecular weight is 670 g/mol. The largest absolute Gasteiger partial charge is 0.425 e. The number of ether oxygens (including phenoxy) is 2. The monoisotopic (exact) mass is 669 g/mol. The zero-order valence-electron chi connectivity index (χ0n) is 25.6. The summed E-state index contributed by atoms with van der Waals surface area (Å²) in [4.78, 5) is 21.3. The summed E-state index contributed by atoms with van der Waals surface area (Å²) in [6, 6.07) is 15.5. The van der Waals surface area contributed by atoms with Gasteiger partial charge >= 0.3 is 16.2 Å². The van der Waals surface area contributed by atoms with Crippen molar-refractivity contribution in [2.75, 3.05) is 17.5 Å². The number of halogens is 1. The van der Waals surface area contributed by atoms with Gasteiger partial charge in [-0.25, -0.2) is 14.0 Å². The highest BCUT2D eigenvalue weighted by atomic mass is 35.5. The number of amides is 1. The van der Waals surface area contributed by atoms with Crippen LogP contribution in [0.4, 0.5) is 5.69 Å². The van der Waals surface area contributed by atoms with Crippen molar-refractivity contribution in [2.45, 2.75) is 64.2 Å². The topological polar surface area (TPSA) is 136 Å². The van der Waals surface area contributed by atoms with Gasteiger partial charge in [0.2, 0.25) is 0 Å². The highest BCUT2D eigenvalue weighted by molar-refractivity contribution is 7.92. The SMILES string of the molecule is Cc1ccc(N2CC(=O)NS2(=O)=O)cc1Oc1nc2nc(-c3ccc(C4(O)CCC4)cc3)c(Cl)cc2n1COCC[Si](C)(C)C. The molecule has 3 heterocycles. The van der Waals surface area contributed by atoms with Gasteiger partial charge in [-0.15, -0.1) is 0 Å². The third kappa shape index (κ3) is 6.45. The Labute approximate surface area is 268 Å². The van der Waals surface area contributed by atoms with Crippen molar-refractivity contribution in [2.24, 2.45) is 0 Å². The Balaban J connectivity index is 1.36. The molecule has 2 aromatic heterocycles. The lowest BCUT2D eigenvalue weighted by Gasteiger charge is -2.37. The molecule has 0 bridgehead atoms. The smallest absolute Gasteiger partial charge is 0.326 e. The van der Waals surface area contributed by atoms with Crippen LogP contribution in [0.3, 0.4) is 0 Å². The number of aliphatic hydroxyl groups is 1. The number of carbonyl (C=O) groups is 1. The van der Waals surface area contributed by atoms with Crippen LogP contribution in [0.5, 0.6) is 11.8 Å². The van der Waals surface area contributed by atoms with Crippen LogP contribution in [0, 0.1) is 6.92 Å². The first-order valence-corrected chi connectivity index (χ1v) is 20.3. The number of aromatic nitrogens is 3. The minimum Gasteiger partial charge on any atom is -0.425 e. The average Bonchev–Trinajstić information content (AvgIpc) is 3.43. The van der Waals surface area contributed by atoms with Crippen LogP contribution < -0.4 is 13.8 Å². The Kier molecular flexibility index (Phi) is 8.19. The van der Waals surface area contributed by atoms with Crippen LogP contribution in [-0.4, -0.2) is 55.2 Å². The second-order valence-corrected chi connectivity index (χ2v) is 20.5. The van der Waals surface area contributed by atoms with E-state index in [4.69, 9.17) is 31.0 Å². The molecule has 2 N–H and O–H groups in total. The van der Waals surface area contributed by atoms with Crippen molar-refractivity contribution in [1.82, 2.24) is 19.3 Å². The van der Waals surface area contributed by atoms with Crippen LogP contribution in [0.25, 0.3) is 22.4 Å². The van der Waals surface area contributed by atoms with Gasteiger partial charge in [-0.05, 0) is 55.5 Å². The van der Waals surface area contributed by atoms with Crippen LogP contribution in [0.15, 0.2) is 48.5 Å². The van der Waals surface area contributed by atoms with Crippen molar-refractivity contribution in [3.63, 3.8) is 0 Å². The second kappa shape index (κ2) is 11.7. The number of imidazole rings is 1. The maximum atomic E-state index is 12.5. The molecule has 0 radical (unpaired) electrons. The van der Waals surface area contributed by atoms with Crippen LogP contribution >= 0.6 is 11.6 Å². The van der Waals surface area contributed by atoms with Crippen molar-refractivity contribution < 1.29 is 27.8 Å². The number of rotatable bonds is 10. The van der Waals surface area contributed by atoms with E-state index in [1.807, 2.05) is 35.9 Å². The molecule has 45 heavy (non-hydrogen) atoms. The molecule has 1 saturated heterocycles. The quantitative estimate of drug-likeness (QED) is 0.162. The first-order valence-electron chi connectivity index (χ1n) is 14.8. The molecule has 14 heteroatoms. The summed E-state index contributed by atoms with van der Waals surface area (Å²) >= 11 is 6.80. The molecule has 1 aliphatic carbocycles. The number of carbonyl (C=O) groups excluding carboxylic acids is 1. The third-order valence-corrected chi connectivity index (χ3v) is 11.6. The Bertz CT molecular complexity index is 1890. The Morgan fingerprint density at radius 1 is 1.09 bits per heavy atom. The first kappa shape index (κ1) is 31.5. The van der Waals surface area contributed by atoms with E-state index in [-0.39, 0.29) is 25.0 Å². The Hall–Kier alpha value is -3.49. The molecule has 11 nitrogen and oxygen atoms in total. The summed E-state index contributed by atoms with van der Waals surface area (Å²) in [5.41, 5.74) is 3.46. The zero-order valence-corrected chi connectivity index (χ0v) is 28.2. The fourth-order valence-electron chi connectivity index (χ4n) is 5.31. The molecule has 4 aromatic rings. The van der Waals surface area contributed by atoms with E-state index in [0.717, 1.165) is 46.3 Å². The molecule has 1 aliphatic heterocycles. The Morgan fingerprint density at radius 2 is 1.82 bits per heavy atom. The summed E-state index contributed by atoms with van der Waals surface area (Å²) in [6.07, 6.45) is 2.51. The lowest BCUT2D eigenvalue weighted by Crippen LogP contribution is -2.33. The molecule has 0 unspecified atom stereocenters. The van der Waals surface area contributed by atoms with Crippen molar-refractivity contribution in [3.05, 3.63) is 64.7 Å². The number of nitrogens with one attached hydrogen (secondary N) is 1. The minimum absolute atomic E-state index is 0.138. The van der Waals surface area contributed by atoms with Crippen LogP contribution in [0.1, 0.15) is 30.4 Å². The molecule has 1 amide bonds. The van der Waals surface area contributed by atoms with E-state index in [0.29, 0.717) is 34.2 Å². The van der Waals surface area contributed by atoms with Crippen molar-refractivity contribution in [1.29, 1.82) is 0 Å². The zero-order chi connectivity index (χ0) is 32.1. The van der Waals surface area contributed by atoms with E-state index >= 15 is 0 Å². The van der Waals surface area contributed by atoms with Gasteiger partial charge in [-0.1, -0.05) is 61.6 Å². The molecule has 238 valence electrons. The molecular formula is C31H36ClN5O6SSi. The number of hydrogen-bond donors (Lipinski definition) is 2. The fourth-order valence-corrected chi connectivity index (χ4v) is 7.46. The molecule has 0 atom stereocenters. The molecule has 6 rings (SSSR count). The maximum Gasteiger partial charge on any atom is 0.326 e. The van der Waals surface area contributed by atoms with E-state index in [2.05, 4.69) is 19.6 Å². The van der Waals surface area contributed by atoms with Gasteiger partial charge in [0, 0.05) is 26.3 Å². The van der Waals surface area contributed by atoms with E-state index in [9.17, 15) is 18.3 Å². The fraction of sp³-hybridized carbons (Fsp3) is 0.387. The molecule has 2 fully saturated rings. The maximum absolute atomic E-state index is 12.5. The van der Waals surface area contributed by atoms with E-state index < -0.39 is 29.8 Å². The summed E-state index contributed by atoms with van der Waals surface area (Å²) in [6.45, 7) is 9.05. The number of anilines is 1. The minimum atomic E-state index is -3.99. The summed E-state index contributed by atoms with van der Waals surface area (Å²) < 4.78 is 42.1. The van der Waals surface area contributed by atoms with E-state index in [1.165, 1.54) is 0 Å². The normalized spacial score (nSPS) is 17.4. The predicted octanol–water partition coefficient (Wildman–Crippen LogP) is 5.72. The number of pyridine rings is 1. The molecule has 2 aromatic carbocycles. The van der Waals surface area contributed by atoms with Gasteiger partial charge in [0.15, 0.2) is 5.65 Å². The molecule has 0 spiro atoms. The van der Waals surface area contributed by atoms with Gasteiger partial charge < -0.3 is 14.6 Å². The number of hydrogen-bond acceptors (Lipinski definition) is 8. The van der Waals surface area contributed by atoms with Gasteiger partial charge in [-0.3, -0.25) is 9.36 Å². The van der Waals surface area contributed by atoms with Gasteiger partial charge in [0.1, 0.15) is 19.0 Å². The standard InChI is InChI=1S/C31H36ClN5O6SSi/c1-20-6-11-23(37-18-27(38)35-44(37,40)41)16-26(20)43-30-34-29-25(36(30)19-42-14-15-45(2,3)4)17-24(32)28(33-29)21-7-9-22(10-8-21)31(39)12-5-13-31/h6-11,16-17,39H,5,12-15,18-19H2,1-4H3,(H,35,38). The summed E-state index contributed by atoms with van der Waals surface area (Å²) in [5.74, 6) is -0.251. The Morgan fingerprint density at radius 3 is 2.44 bits per heavy atom. The van der Waals surface area contributed by atoms with Crippen molar-refractivity contribution >= 4 is 52.6 Å². The highest BCUT2D eigenvalue weighted by Crippen LogP contribution is 2.42. The number of fused-ring (bicyclic) bond motifs is 1. The van der Waals surface area contributed by atoms with Crippen molar-refractivity contribution in [3.8, 4) is 23.0 Å². The number of nitrogens with zero attached hydrogens (tertiary/aromatic N) is 4. The van der Waals surface area contributed by atoms with Gasteiger partial charge in [0.05, 0.1) is 27.5 Å². The predicted molar refractivity (Wildman–Crippen MR) is 175 cm³/mol. The molecule has 2 aliphatic rings. The summed E-state index contributed by atoms with van der Waals surface area (Å²) in [7, 11) is -5.32. The third-order valence-electron chi connectivity index (χ3n) is 8.23. The summed E-state index contributed by atoms with van der Waals surface area (Å²) in [5, 5.41) is 11.2. The highest BCUT2D eigenvalue weighted by Gasteiger charge is 2.36. The van der Waals surface area contributed by atoms with Crippen LogP contribution in [0.2, 0.25) is 30.7 Å². The number of aryl methyl sites for hydroxylation is 1. The lowest BCUT2D eigenvalue weighted by atomic mass is 9.75. The van der Waals surface area contributed by atoms with Gasteiger partial charge in [0.25, 0.3) is 5.91 Å². The second-order valence-electron chi connectivity index (χ2n) is 12.9. The first-order chi connectivity index (χ1) is 21.2. The lowest BCUT2D eigenvalue weighted by molar-refractivity contribution is -0.117. The van der Waals surface area contributed by atoms with Crippen LogP contribution in [-0.2, 0) is 32.1 Å². The molecular weight excluding hydrogens is 634 g/mol. The van der Waals surface area contributed by atoms with Gasteiger partial charge in [-0.2, -0.15) is 13.4 Å². The van der Waals surface area contributed by atoms with E-state index in [1.54, 1.807) is 28.8 Å².